The number of fused-ring (bicyclic) bond motifs is 2. The van der Waals surface area contributed by atoms with Crippen LogP contribution in [0.3, 0.4) is 0 Å². The fraction of sp³-hybridized carbons (Fsp3) is 0.500. The number of carbonyl (C=O) groups excluding carboxylic acids is 1. The number of hydrogen-bond donors (Lipinski definition) is 0. The molecule has 2 saturated heterocycles. The van der Waals surface area contributed by atoms with Gasteiger partial charge in [0.15, 0.2) is 0 Å². The van der Waals surface area contributed by atoms with Crippen LogP contribution in [0.4, 0.5) is 0 Å². The second kappa shape index (κ2) is 7.10. The molecule has 2 aliphatic heterocycles. The summed E-state index contributed by atoms with van der Waals surface area (Å²) in [5.41, 5.74) is 1.60. The van der Waals surface area contributed by atoms with Crippen LogP contribution in [-0.2, 0) is 4.74 Å². The summed E-state index contributed by atoms with van der Waals surface area (Å²) in [5, 5.41) is 1.01. The lowest BCUT2D eigenvalue weighted by molar-refractivity contribution is -0.0776. The minimum atomic E-state index is 0.0792. The van der Waals surface area contributed by atoms with E-state index in [1.54, 1.807) is 6.20 Å². The molecule has 0 aliphatic carbocycles. The number of benzene rings is 1. The Hall–Kier alpha value is -1.98. The van der Waals surface area contributed by atoms with Crippen molar-refractivity contribution in [3.63, 3.8) is 0 Å². The third-order valence-electron chi connectivity index (χ3n) is 5.36. The van der Waals surface area contributed by atoms with Crippen LogP contribution in [0.1, 0.15) is 30.1 Å². The van der Waals surface area contributed by atoms with Crippen molar-refractivity contribution in [2.45, 2.75) is 31.8 Å². The summed E-state index contributed by atoms with van der Waals surface area (Å²) in [5.74, 6) is 0.0792. The van der Waals surface area contributed by atoms with Crippen LogP contribution in [0, 0.1) is 0 Å². The van der Waals surface area contributed by atoms with Crippen molar-refractivity contribution >= 4 is 16.8 Å². The van der Waals surface area contributed by atoms with Gasteiger partial charge in [-0.15, -0.1) is 0 Å². The number of hydrogen-bond acceptors (Lipinski definition) is 4. The van der Waals surface area contributed by atoms with E-state index in [9.17, 15) is 4.79 Å². The molecule has 2 fully saturated rings. The molecular formula is C20H25N3O2. The third kappa shape index (κ3) is 3.26. The molecule has 4 rings (SSSR count). The summed E-state index contributed by atoms with van der Waals surface area (Å²) in [7, 11) is 0. The second-order valence-electron chi connectivity index (χ2n) is 7.04. The minimum Gasteiger partial charge on any atom is -0.378 e. The van der Waals surface area contributed by atoms with Gasteiger partial charge in [-0.1, -0.05) is 31.5 Å². The zero-order chi connectivity index (χ0) is 17.2. The predicted octanol–water partition coefficient (Wildman–Crippen LogP) is 2.56. The maximum atomic E-state index is 13.0. The third-order valence-corrected chi connectivity index (χ3v) is 5.36. The first-order chi connectivity index (χ1) is 12.3. The molecule has 2 atom stereocenters. The molecule has 25 heavy (non-hydrogen) atoms. The van der Waals surface area contributed by atoms with Crippen molar-refractivity contribution in [2.24, 2.45) is 0 Å². The van der Waals surface area contributed by atoms with E-state index >= 15 is 0 Å². The summed E-state index contributed by atoms with van der Waals surface area (Å²) >= 11 is 0. The maximum Gasteiger partial charge on any atom is 0.255 e. The van der Waals surface area contributed by atoms with Crippen molar-refractivity contribution in [1.29, 1.82) is 0 Å². The first kappa shape index (κ1) is 16.5. The summed E-state index contributed by atoms with van der Waals surface area (Å²) < 4.78 is 5.80. The standard InChI is InChI=1S/C20H25N3O2/c1-2-5-17-13-25-14-18-12-22(8-9-23(17)18)20(24)16-10-15-6-3-4-7-19(15)21-11-16/h3-4,6-7,10-11,17-18H,2,5,8-9,12-14H2,1H3/t17-,18+/m0/s1. The molecule has 0 unspecified atom stereocenters. The Morgan fingerprint density at radius 3 is 3.04 bits per heavy atom. The van der Waals surface area contributed by atoms with Crippen LogP contribution < -0.4 is 0 Å². The number of pyridine rings is 1. The van der Waals surface area contributed by atoms with E-state index in [0.717, 1.165) is 43.8 Å². The largest absolute Gasteiger partial charge is 0.378 e. The molecule has 5 heteroatoms. The molecule has 0 N–H and O–H groups in total. The van der Waals surface area contributed by atoms with Crippen molar-refractivity contribution in [1.82, 2.24) is 14.8 Å². The van der Waals surface area contributed by atoms with Crippen molar-refractivity contribution < 1.29 is 9.53 Å². The van der Waals surface area contributed by atoms with Gasteiger partial charge in [0.05, 0.1) is 30.3 Å². The van der Waals surface area contributed by atoms with E-state index in [1.165, 1.54) is 12.8 Å². The van der Waals surface area contributed by atoms with Crippen LogP contribution in [0.2, 0.25) is 0 Å². The first-order valence-corrected chi connectivity index (χ1v) is 9.24. The summed E-state index contributed by atoms with van der Waals surface area (Å²) in [6, 6.07) is 10.7. The van der Waals surface area contributed by atoms with Gasteiger partial charge in [0.25, 0.3) is 5.91 Å². The minimum absolute atomic E-state index is 0.0792. The second-order valence-corrected chi connectivity index (χ2v) is 7.04. The molecule has 2 aliphatic rings. The van der Waals surface area contributed by atoms with E-state index in [2.05, 4.69) is 16.8 Å². The first-order valence-electron chi connectivity index (χ1n) is 9.24. The Labute approximate surface area is 148 Å². The van der Waals surface area contributed by atoms with Crippen LogP contribution in [0.25, 0.3) is 10.9 Å². The average molecular weight is 339 g/mol. The summed E-state index contributed by atoms with van der Waals surface area (Å²) in [4.78, 5) is 21.9. The van der Waals surface area contributed by atoms with E-state index in [1.807, 2.05) is 35.2 Å². The summed E-state index contributed by atoms with van der Waals surface area (Å²) in [6.45, 7) is 6.22. The molecule has 0 saturated carbocycles. The number of amides is 1. The quantitative estimate of drug-likeness (QED) is 0.862. The molecular weight excluding hydrogens is 314 g/mol. The molecule has 1 aromatic heterocycles. The molecule has 0 spiro atoms. The Bertz CT molecular complexity index is 761. The monoisotopic (exact) mass is 339 g/mol. The highest BCUT2D eigenvalue weighted by Gasteiger charge is 2.36. The number of carbonyl (C=O) groups is 1. The molecule has 2 aromatic rings. The Balaban J connectivity index is 1.49. The zero-order valence-corrected chi connectivity index (χ0v) is 14.7. The van der Waals surface area contributed by atoms with Gasteiger partial charge >= 0.3 is 0 Å². The zero-order valence-electron chi connectivity index (χ0n) is 14.7. The lowest BCUT2D eigenvalue weighted by atomic mass is 10.0. The molecule has 1 aromatic carbocycles. The number of aromatic nitrogens is 1. The molecule has 3 heterocycles. The average Bonchev–Trinajstić information content (AvgIpc) is 2.67. The Kier molecular flexibility index (Phi) is 4.68. The van der Waals surface area contributed by atoms with E-state index in [0.29, 0.717) is 17.6 Å². The Morgan fingerprint density at radius 1 is 1.28 bits per heavy atom. The van der Waals surface area contributed by atoms with Gasteiger partial charge < -0.3 is 9.64 Å². The van der Waals surface area contributed by atoms with E-state index in [4.69, 9.17) is 4.74 Å². The van der Waals surface area contributed by atoms with Gasteiger partial charge in [0, 0.05) is 37.3 Å². The lowest BCUT2D eigenvalue weighted by Crippen LogP contribution is -2.62. The van der Waals surface area contributed by atoms with Crippen molar-refractivity contribution in [3.8, 4) is 0 Å². The highest BCUT2D eigenvalue weighted by Crippen LogP contribution is 2.23. The van der Waals surface area contributed by atoms with Crippen molar-refractivity contribution in [3.05, 3.63) is 42.1 Å². The van der Waals surface area contributed by atoms with Crippen molar-refractivity contribution in [2.75, 3.05) is 32.8 Å². The summed E-state index contributed by atoms with van der Waals surface area (Å²) in [6.07, 6.45) is 4.04. The van der Waals surface area contributed by atoms with Crippen LogP contribution >= 0.6 is 0 Å². The molecule has 0 radical (unpaired) electrons. The number of rotatable bonds is 3. The smallest absolute Gasteiger partial charge is 0.255 e. The topological polar surface area (TPSA) is 45.7 Å². The van der Waals surface area contributed by atoms with Gasteiger partial charge in [-0.3, -0.25) is 14.7 Å². The van der Waals surface area contributed by atoms with Crippen LogP contribution in [0.15, 0.2) is 36.5 Å². The number of piperazine rings is 1. The number of nitrogens with zero attached hydrogens (tertiary/aromatic N) is 3. The number of ether oxygens (including phenoxy) is 1. The van der Waals surface area contributed by atoms with Gasteiger partial charge in [0.2, 0.25) is 0 Å². The molecule has 1 amide bonds. The van der Waals surface area contributed by atoms with Crippen LogP contribution in [-0.4, -0.2) is 65.6 Å². The molecule has 0 bridgehead atoms. The normalized spacial score (nSPS) is 24.3. The van der Waals surface area contributed by atoms with Crippen LogP contribution in [0.5, 0.6) is 0 Å². The maximum absolute atomic E-state index is 13.0. The SMILES string of the molecule is CCC[C@H]1COC[C@H]2CN(C(=O)c3cnc4ccccc4c3)CCN12. The van der Waals surface area contributed by atoms with E-state index in [-0.39, 0.29) is 5.91 Å². The molecule has 132 valence electrons. The van der Waals surface area contributed by atoms with Gasteiger partial charge in [0.1, 0.15) is 0 Å². The number of morpholine rings is 1. The lowest BCUT2D eigenvalue weighted by Gasteiger charge is -2.48. The molecule has 5 nitrogen and oxygen atoms in total. The number of para-hydroxylation sites is 1. The highest BCUT2D eigenvalue weighted by molar-refractivity contribution is 5.97. The van der Waals surface area contributed by atoms with Gasteiger partial charge in [-0.25, -0.2) is 0 Å². The highest BCUT2D eigenvalue weighted by atomic mass is 16.5. The fourth-order valence-corrected chi connectivity index (χ4v) is 4.07. The van der Waals surface area contributed by atoms with E-state index < -0.39 is 0 Å². The predicted molar refractivity (Wildman–Crippen MR) is 97.7 cm³/mol. The van der Waals surface area contributed by atoms with Gasteiger partial charge in [-0.2, -0.15) is 0 Å². The fourth-order valence-electron chi connectivity index (χ4n) is 4.07. The Morgan fingerprint density at radius 2 is 2.16 bits per heavy atom. The van der Waals surface area contributed by atoms with Gasteiger partial charge in [-0.05, 0) is 18.6 Å².